The molecule has 0 saturated heterocycles. The van der Waals surface area contributed by atoms with Crippen LogP contribution in [0.15, 0.2) is 33.5 Å². The Bertz CT molecular complexity index is 617. The second kappa shape index (κ2) is 7.75. The van der Waals surface area contributed by atoms with E-state index in [1.54, 1.807) is 6.33 Å². The zero-order chi connectivity index (χ0) is 15.2. The number of hydrogen-bond acceptors (Lipinski definition) is 4. The molecule has 0 aliphatic rings. The van der Waals surface area contributed by atoms with Crippen LogP contribution in [0.5, 0.6) is 0 Å². The Morgan fingerprint density at radius 1 is 1.10 bits per heavy atom. The molecule has 0 amide bonds. The van der Waals surface area contributed by atoms with Gasteiger partial charge in [0.2, 0.25) is 0 Å². The number of nitrogens with one attached hydrogen (secondary N) is 2. The molecule has 2 rings (SSSR count). The number of hydrogen-bond donors (Lipinski definition) is 2. The molecule has 6 heteroatoms. The Balaban J connectivity index is 2.27. The molecule has 1 heterocycles. The number of aromatic nitrogens is 2. The molecule has 2 N–H and O–H groups in total. The summed E-state index contributed by atoms with van der Waals surface area (Å²) in [7, 11) is 0. The van der Waals surface area contributed by atoms with Gasteiger partial charge in [0.25, 0.3) is 0 Å². The second-order valence-electron chi connectivity index (χ2n) is 4.59. The molecule has 4 nitrogen and oxygen atoms in total. The highest BCUT2D eigenvalue weighted by molar-refractivity contribution is 9.11. The van der Waals surface area contributed by atoms with Crippen molar-refractivity contribution < 1.29 is 0 Å². The first-order chi connectivity index (χ1) is 10.2. The maximum atomic E-state index is 4.32. The molecule has 0 atom stereocenters. The van der Waals surface area contributed by atoms with Crippen LogP contribution >= 0.6 is 31.9 Å². The van der Waals surface area contributed by atoms with E-state index in [1.165, 1.54) is 5.56 Å². The molecule has 0 bridgehead atoms. The smallest absolute Gasteiger partial charge is 0.150 e. The van der Waals surface area contributed by atoms with Crippen LogP contribution < -0.4 is 10.6 Å². The van der Waals surface area contributed by atoms with Gasteiger partial charge in [-0.05, 0) is 52.5 Å². The van der Waals surface area contributed by atoms with Gasteiger partial charge in [0.1, 0.15) is 22.4 Å². The van der Waals surface area contributed by atoms with Gasteiger partial charge in [-0.2, -0.15) is 0 Å². The Kier molecular flexibility index (Phi) is 5.99. The van der Waals surface area contributed by atoms with Gasteiger partial charge in [-0.3, -0.25) is 0 Å². The fourth-order valence-corrected chi connectivity index (χ4v) is 2.78. The van der Waals surface area contributed by atoms with Crippen molar-refractivity contribution in [2.24, 2.45) is 0 Å². The molecule has 0 aliphatic carbocycles. The molecule has 112 valence electrons. The number of nitrogens with zero attached hydrogens (tertiary/aromatic N) is 2. The first-order valence-corrected chi connectivity index (χ1v) is 8.54. The molecule has 0 fully saturated rings. The van der Waals surface area contributed by atoms with Crippen molar-refractivity contribution in [1.82, 2.24) is 9.97 Å². The molecule has 0 unspecified atom stereocenters. The fourth-order valence-electron chi connectivity index (χ4n) is 1.93. The molecule has 0 aliphatic heterocycles. The van der Waals surface area contributed by atoms with Gasteiger partial charge in [0.05, 0.1) is 0 Å². The first-order valence-electron chi connectivity index (χ1n) is 6.95. The molecule has 0 spiro atoms. The SMILES string of the molecule is CCCNc1ncnc(Nc2ccc(Br)cc2CC)c1Br. The van der Waals surface area contributed by atoms with Crippen LogP contribution in [0.4, 0.5) is 17.3 Å². The number of halogens is 2. The molecule has 0 saturated carbocycles. The number of rotatable bonds is 6. The number of benzene rings is 1. The summed E-state index contributed by atoms with van der Waals surface area (Å²) in [6.07, 6.45) is 3.56. The van der Waals surface area contributed by atoms with E-state index in [2.05, 4.69) is 78.4 Å². The minimum atomic E-state index is 0.764. The summed E-state index contributed by atoms with van der Waals surface area (Å²) >= 11 is 7.08. The molecular formula is C15H18Br2N4. The average Bonchev–Trinajstić information content (AvgIpc) is 2.49. The van der Waals surface area contributed by atoms with Crippen LogP contribution in [0.3, 0.4) is 0 Å². The summed E-state index contributed by atoms with van der Waals surface area (Å²) in [4.78, 5) is 8.58. The molecule has 2 aromatic rings. The maximum absolute atomic E-state index is 4.32. The van der Waals surface area contributed by atoms with E-state index in [1.807, 2.05) is 6.07 Å². The summed E-state index contributed by atoms with van der Waals surface area (Å²) < 4.78 is 1.93. The average molecular weight is 414 g/mol. The van der Waals surface area contributed by atoms with Gasteiger partial charge in [-0.25, -0.2) is 9.97 Å². The predicted octanol–water partition coefficient (Wildman–Crippen LogP) is 5.13. The van der Waals surface area contributed by atoms with Crippen molar-refractivity contribution in [1.29, 1.82) is 0 Å². The van der Waals surface area contributed by atoms with Crippen LogP contribution in [0, 0.1) is 0 Å². The normalized spacial score (nSPS) is 10.5. The summed E-state index contributed by atoms with van der Waals surface area (Å²) in [6, 6.07) is 6.19. The van der Waals surface area contributed by atoms with Gasteiger partial charge >= 0.3 is 0 Å². The first kappa shape index (κ1) is 16.2. The summed E-state index contributed by atoms with van der Waals surface area (Å²) in [6.45, 7) is 5.14. The Labute approximate surface area is 142 Å². The number of anilines is 3. The highest BCUT2D eigenvalue weighted by Gasteiger charge is 2.10. The summed E-state index contributed by atoms with van der Waals surface area (Å²) in [5, 5.41) is 6.66. The van der Waals surface area contributed by atoms with E-state index < -0.39 is 0 Å². The quantitative estimate of drug-likeness (QED) is 0.689. The highest BCUT2D eigenvalue weighted by Crippen LogP contribution is 2.31. The molecule has 1 aromatic carbocycles. The molecule has 21 heavy (non-hydrogen) atoms. The van der Waals surface area contributed by atoms with Gasteiger partial charge in [-0.1, -0.05) is 29.8 Å². The van der Waals surface area contributed by atoms with Crippen LogP contribution in [0.25, 0.3) is 0 Å². The van der Waals surface area contributed by atoms with Crippen molar-refractivity contribution in [3.63, 3.8) is 0 Å². The third-order valence-electron chi connectivity index (χ3n) is 3.03. The zero-order valence-electron chi connectivity index (χ0n) is 12.1. The lowest BCUT2D eigenvalue weighted by molar-refractivity contribution is 0.962. The Hall–Kier alpha value is -1.14. The van der Waals surface area contributed by atoms with Gasteiger partial charge in [0.15, 0.2) is 0 Å². The maximum Gasteiger partial charge on any atom is 0.150 e. The van der Waals surface area contributed by atoms with E-state index >= 15 is 0 Å². The van der Waals surface area contributed by atoms with Crippen molar-refractivity contribution in [2.75, 3.05) is 17.2 Å². The third kappa shape index (κ3) is 4.17. The lowest BCUT2D eigenvalue weighted by Gasteiger charge is -2.14. The third-order valence-corrected chi connectivity index (χ3v) is 4.28. The van der Waals surface area contributed by atoms with Crippen LogP contribution in [0.2, 0.25) is 0 Å². The van der Waals surface area contributed by atoms with Crippen molar-refractivity contribution in [2.45, 2.75) is 26.7 Å². The lowest BCUT2D eigenvalue weighted by atomic mass is 10.1. The van der Waals surface area contributed by atoms with E-state index in [0.717, 1.165) is 45.7 Å². The van der Waals surface area contributed by atoms with Crippen molar-refractivity contribution in [3.05, 3.63) is 39.0 Å². The van der Waals surface area contributed by atoms with Crippen LogP contribution in [-0.2, 0) is 6.42 Å². The predicted molar refractivity (Wildman–Crippen MR) is 95.3 cm³/mol. The number of aryl methyl sites for hydroxylation is 1. The van der Waals surface area contributed by atoms with E-state index in [-0.39, 0.29) is 0 Å². The van der Waals surface area contributed by atoms with E-state index in [4.69, 9.17) is 0 Å². The second-order valence-corrected chi connectivity index (χ2v) is 6.30. The standard InChI is InChI=1S/C15H18Br2N4/c1-3-7-18-14-13(17)15(20-9-19-14)21-12-6-5-11(16)8-10(12)4-2/h5-6,8-9H,3-4,7H2,1-2H3,(H2,18,19,20,21). The molecule has 0 radical (unpaired) electrons. The van der Waals surface area contributed by atoms with Gasteiger partial charge in [0, 0.05) is 16.7 Å². The van der Waals surface area contributed by atoms with E-state index in [0.29, 0.717) is 0 Å². The largest absolute Gasteiger partial charge is 0.369 e. The lowest BCUT2D eigenvalue weighted by Crippen LogP contribution is -2.06. The fraction of sp³-hybridized carbons (Fsp3) is 0.333. The molecular weight excluding hydrogens is 396 g/mol. The highest BCUT2D eigenvalue weighted by atomic mass is 79.9. The van der Waals surface area contributed by atoms with Crippen molar-refractivity contribution in [3.8, 4) is 0 Å². The van der Waals surface area contributed by atoms with Crippen molar-refractivity contribution >= 4 is 49.2 Å². The summed E-state index contributed by atoms with van der Waals surface area (Å²) in [5.41, 5.74) is 2.29. The molecule has 1 aromatic heterocycles. The van der Waals surface area contributed by atoms with Crippen LogP contribution in [-0.4, -0.2) is 16.5 Å². The van der Waals surface area contributed by atoms with Gasteiger partial charge in [-0.15, -0.1) is 0 Å². The van der Waals surface area contributed by atoms with Gasteiger partial charge < -0.3 is 10.6 Å². The topological polar surface area (TPSA) is 49.8 Å². The Morgan fingerprint density at radius 2 is 1.86 bits per heavy atom. The Morgan fingerprint density at radius 3 is 2.57 bits per heavy atom. The van der Waals surface area contributed by atoms with Crippen LogP contribution in [0.1, 0.15) is 25.8 Å². The minimum absolute atomic E-state index is 0.764. The minimum Gasteiger partial charge on any atom is -0.369 e. The van der Waals surface area contributed by atoms with E-state index in [9.17, 15) is 0 Å². The monoisotopic (exact) mass is 412 g/mol. The summed E-state index contributed by atoms with van der Waals surface area (Å²) in [5.74, 6) is 1.57. The zero-order valence-corrected chi connectivity index (χ0v) is 15.3.